The minimum atomic E-state index is -0.738. The largest absolute Gasteiger partial charge is 0.386 e. The molecule has 3 rings (SSSR count). The van der Waals surface area contributed by atoms with Crippen molar-refractivity contribution in [3.05, 3.63) is 27.9 Å². The number of β-amino-alcohol motifs (C(OH)–C–C–N with tert-alkyl or cyclic N) is 1. The summed E-state index contributed by atoms with van der Waals surface area (Å²) < 4.78 is 0. The van der Waals surface area contributed by atoms with E-state index in [0.717, 1.165) is 12.8 Å². The molecule has 1 saturated heterocycles. The second-order valence-corrected chi connectivity index (χ2v) is 5.13. The van der Waals surface area contributed by atoms with E-state index < -0.39 is 10.5 Å². The standard InChI is InChI=1S/C12H12N4O3/c13-5-8-3-4-14-11(10(8)16(18)19)15-6-12(17,7-15)9-1-2-9/h3-4,9,17H,1-2,6-7H2. The van der Waals surface area contributed by atoms with Gasteiger partial charge in [0.15, 0.2) is 0 Å². The van der Waals surface area contributed by atoms with Crippen LogP contribution < -0.4 is 4.90 Å². The van der Waals surface area contributed by atoms with Crippen molar-refractivity contribution in [1.29, 1.82) is 5.26 Å². The first-order chi connectivity index (χ1) is 9.05. The Morgan fingerprint density at radius 2 is 2.26 bits per heavy atom. The van der Waals surface area contributed by atoms with Crippen molar-refractivity contribution in [1.82, 2.24) is 4.98 Å². The highest BCUT2D eigenvalue weighted by Crippen LogP contribution is 2.46. The Bertz CT molecular complexity index is 585. The minimum absolute atomic E-state index is 0.00291. The number of nitro groups is 1. The molecule has 1 aromatic heterocycles. The van der Waals surface area contributed by atoms with Crippen LogP contribution in [0.2, 0.25) is 0 Å². The predicted octanol–water partition coefficient (Wildman–Crippen LogP) is 0.823. The van der Waals surface area contributed by atoms with Crippen LogP contribution in [-0.2, 0) is 0 Å². The van der Waals surface area contributed by atoms with Crippen LogP contribution >= 0.6 is 0 Å². The van der Waals surface area contributed by atoms with E-state index >= 15 is 0 Å². The molecule has 1 N–H and O–H groups in total. The van der Waals surface area contributed by atoms with Crippen LogP contribution in [0.15, 0.2) is 12.3 Å². The Morgan fingerprint density at radius 1 is 1.58 bits per heavy atom. The summed E-state index contributed by atoms with van der Waals surface area (Å²) in [5.74, 6) is 0.483. The molecule has 0 unspecified atom stereocenters. The molecule has 0 aromatic carbocycles. The lowest BCUT2D eigenvalue weighted by atomic mass is 9.88. The molecule has 7 heteroatoms. The first-order valence-corrected chi connectivity index (χ1v) is 6.06. The molecule has 98 valence electrons. The highest BCUT2D eigenvalue weighted by atomic mass is 16.6. The third-order valence-electron chi connectivity index (χ3n) is 3.77. The van der Waals surface area contributed by atoms with Gasteiger partial charge in [0.2, 0.25) is 5.82 Å². The van der Waals surface area contributed by atoms with Gasteiger partial charge in [-0.2, -0.15) is 5.26 Å². The van der Waals surface area contributed by atoms with E-state index in [2.05, 4.69) is 4.98 Å². The summed E-state index contributed by atoms with van der Waals surface area (Å²) in [6.45, 7) is 0.695. The van der Waals surface area contributed by atoms with Crippen LogP contribution in [-0.4, -0.2) is 33.7 Å². The smallest absolute Gasteiger partial charge is 0.329 e. The maximum Gasteiger partial charge on any atom is 0.329 e. The summed E-state index contributed by atoms with van der Waals surface area (Å²) in [4.78, 5) is 16.2. The fourth-order valence-corrected chi connectivity index (χ4v) is 2.59. The summed E-state index contributed by atoms with van der Waals surface area (Å²) in [6.07, 6.45) is 3.41. The molecule has 0 spiro atoms. The zero-order chi connectivity index (χ0) is 13.6. The predicted molar refractivity (Wildman–Crippen MR) is 65.5 cm³/mol. The number of aromatic nitrogens is 1. The molecule has 0 atom stereocenters. The lowest BCUT2D eigenvalue weighted by Crippen LogP contribution is -2.63. The van der Waals surface area contributed by atoms with Gasteiger partial charge in [-0.25, -0.2) is 4.98 Å². The second kappa shape index (κ2) is 3.90. The van der Waals surface area contributed by atoms with Gasteiger partial charge >= 0.3 is 5.69 Å². The third kappa shape index (κ3) is 1.81. The quantitative estimate of drug-likeness (QED) is 0.637. The molecule has 1 aromatic rings. The molecule has 7 nitrogen and oxygen atoms in total. The first kappa shape index (κ1) is 11.9. The summed E-state index contributed by atoms with van der Waals surface area (Å²) in [7, 11) is 0. The normalized spacial score (nSPS) is 20.5. The number of rotatable bonds is 3. The van der Waals surface area contributed by atoms with Crippen molar-refractivity contribution in [3.8, 4) is 6.07 Å². The number of nitrogens with zero attached hydrogens (tertiary/aromatic N) is 4. The molecule has 2 heterocycles. The van der Waals surface area contributed by atoms with Gasteiger partial charge in [0.1, 0.15) is 17.2 Å². The lowest BCUT2D eigenvalue weighted by molar-refractivity contribution is -0.384. The van der Waals surface area contributed by atoms with Crippen LogP contribution in [0.4, 0.5) is 11.5 Å². The van der Waals surface area contributed by atoms with Gasteiger partial charge in [-0.3, -0.25) is 10.1 Å². The molecule has 0 amide bonds. The SMILES string of the molecule is N#Cc1ccnc(N2CC(O)(C3CC3)C2)c1[N+](=O)[O-]. The Balaban J connectivity index is 1.90. The number of hydrogen-bond acceptors (Lipinski definition) is 6. The van der Waals surface area contributed by atoms with E-state index in [-0.39, 0.29) is 17.1 Å². The van der Waals surface area contributed by atoms with Crippen LogP contribution in [0, 0.1) is 27.4 Å². The van der Waals surface area contributed by atoms with Crippen molar-refractivity contribution in [2.45, 2.75) is 18.4 Å². The zero-order valence-electron chi connectivity index (χ0n) is 10.1. The fourth-order valence-electron chi connectivity index (χ4n) is 2.59. The van der Waals surface area contributed by atoms with Gasteiger partial charge < -0.3 is 10.0 Å². The highest BCUT2D eigenvalue weighted by molar-refractivity contribution is 5.67. The molecule has 0 bridgehead atoms. The van der Waals surface area contributed by atoms with E-state index in [0.29, 0.717) is 19.0 Å². The molecule has 1 saturated carbocycles. The Kier molecular flexibility index (Phi) is 2.43. The Morgan fingerprint density at radius 3 is 2.79 bits per heavy atom. The van der Waals surface area contributed by atoms with Gasteiger partial charge in [0.25, 0.3) is 0 Å². The lowest BCUT2D eigenvalue weighted by Gasteiger charge is -2.47. The monoisotopic (exact) mass is 260 g/mol. The summed E-state index contributed by atoms with van der Waals surface area (Å²) >= 11 is 0. The average molecular weight is 260 g/mol. The van der Waals surface area contributed by atoms with Gasteiger partial charge in [-0.15, -0.1) is 0 Å². The van der Waals surface area contributed by atoms with E-state index in [9.17, 15) is 15.2 Å². The molecule has 19 heavy (non-hydrogen) atoms. The molecule has 1 aliphatic heterocycles. The van der Waals surface area contributed by atoms with E-state index in [1.807, 2.05) is 0 Å². The molecule has 1 aliphatic carbocycles. The number of anilines is 1. The number of hydrogen-bond donors (Lipinski definition) is 1. The average Bonchev–Trinajstić information content (AvgIpc) is 3.18. The van der Waals surface area contributed by atoms with Gasteiger partial charge in [0, 0.05) is 6.20 Å². The maximum atomic E-state index is 11.1. The molecular weight excluding hydrogens is 248 g/mol. The Hall–Kier alpha value is -2.20. The van der Waals surface area contributed by atoms with Gasteiger partial charge in [-0.1, -0.05) is 0 Å². The second-order valence-electron chi connectivity index (χ2n) is 5.13. The van der Waals surface area contributed by atoms with Crippen molar-refractivity contribution in [3.63, 3.8) is 0 Å². The molecule has 2 aliphatic rings. The number of pyridine rings is 1. The highest BCUT2D eigenvalue weighted by Gasteiger charge is 2.53. The third-order valence-corrected chi connectivity index (χ3v) is 3.77. The zero-order valence-corrected chi connectivity index (χ0v) is 10.1. The fraction of sp³-hybridized carbons (Fsp3) is 0.500. The number of aliphatic hydroxyl groups is 1. The molecule has 0 radical (unpaired) electrons. The maximum absolute atomic E-state index is 11.1. The minimum Gasteiger partial charge on any atom is -0.386 e. The topological polar surface area (TPSA) is 103 Å². The summed E-state index contributed by atoms with van der Waals surface area (Å²) in [5.41, 5.74) is -1.02. The van der Waals surface area contributed by atoms with Crippen molar-refractivity contribution >= 4 is 11.5 Å². The van der Waals surface area contributed by atoms with Crippen LogP contribution in [0.5, 0.6) is 0 Å². The van der Waals surface area contributed by atoms with Gasteiger partial charge in [0.05, 0.1) is 18.0 Å². The van der Waals surface area contributed by atoms with Crippen LogP contribution in [0.3, 0.4) is 0 Å². The van der Waals surface area contributed by atoms with E-state index in [4.69, 9.17) is 5.26 Å². The van der Waals surface area contributed by atoms with Crippen LogP contribution in [0.1, 0.15) is 18.4 Å². The van der Waals surface area contributed by atoms with E-state index in [1.165, 1.54) is 12.3 Å². The molecule has 2 fully saturated rings. The summed E-state index contributed by atoms with van der Waals surface area (Å²) in [5, 5.41) is 30.2. The summed E-state index contributed by atoms with van der Waals surface area (Å²) in [6, 6.07) is 3.13. The Labute approximate surface area is 109 Å². The van der Waals surface area contributed by atoms with Crippen molar-refractivity contribution < 1.29 is 10.0 Å². The molecular formula is C12H12N4O3. The van der Waals surface area contributed by atoms with Gasteiger partial charge in [-0.05, 0) is 24.8 Å². The van der Waals surface area contributed by atoms with Crippen molar-refractivity contribution in [2.75, 3.05) is 18.0 Å². The van der Waals surface area contributed by atoms with Crippen LogP contribution in [0.25, 0.3) is 0 Å². The van der Waals surface area contributed by atoms with E-state index in [1.54, 1.807) is 11.0 Å². The number of nitriles is 1. The van der Waals surface area contributed by atoms with Crippen molar-refractivity contribution in [2.24, 2.45) is 5.92 Å². The first-order valence-electron chi connectivity index (χ1n) is 6.06.